The lowest BCUT2D eigenvalue weighted by molar-refractivity contribution is -0.889. The van der Waals surface area contributed by atoms with Crippen LogP contribution in [0.1, 0.15) is 226 Å². The molecule has 0 rings (SSSR count). The number of aliphatic carboxylic acids is 1. The number of nitrogens with zero attached hydrogens (tertiary/aromatic N) is 1. The molecule has 0 saturated carbocycles. The zero-order valence-corrected chi connectivity index (χ0v) is 39.9. The van der Waals surface area contributed by atoms with Crippen molar-refractivity contribution in [2.75, 3.05) is 41.0 Å². The van der Waals surface area contributed by atoms with Crippen molar-refractivity contribution in [1.29, 1.82) is 0 Å². The van der Waals surface area contributed by atoms with E-state index < -0.39 is 18.1 Å². The van der Waals surface area contributed by atoms with Crippen molar-refractivity contribution < 1.29 is 38.2 Å². The number of esters is 2. The number of hydrogen-bond donors (Lipinski definition) is 0. The minimum atomic E-state index is -1.12. The highest BCUT2D eigenvalue weighted by molar-refractivity contribution is 5.70. The molecule has 0 aliphatic heterocycles. The van der Waals surface area contributed by atoms with Gasteiger partial charge < -0.3 is 28.6 Å². The summed E-state index contributed by atoms with van der Waals surface area (Å²) in [6.07, 6.45) is 50.2. The second-order valence-electron chi connectivity index (χ2n) is 18.0. The monoisotopic (exact) mass is 846 g/mol. The van der Waals surface area contributed by atoms with Gasteiger partial charge in [0.05, 0.1) is 40.3 Å². The van der Waals surface area contributed by atoms with Crippen LogP contribution in [0.5, 0.6) is 0 Å². The predicted molar refractivity (Wildman–Crippen MR) is 250 cm³/mol. The largest absolute Gasteiger partial charge is 0.544 e. The summed E-state index contributed by atoms with van der Waals surface area (Å²) in [6.45, 7) is 4.58. The fraction of sp³-hybridized carbons (Fsp3) is 0.827. The molecule has 0 aromatic rings. The van der Waals surface area contributed by atoms with Gasteiger partial charge in [-0.15, -0.1) is 0 Å². The maximum absolute atomic E-state index is 12.8. The first kappa shape index (κ1) is 57.5. The Morgan fingerprint density at radius 2 is 0.933 bits per heavy atom. The molecular formula is C52H95NO7. The zero-order valence-electron chi connectivity index (χ0n) is 39.9. The molecule has 8 heteroatoms. The zero-order chi connectivity index (χ0) is 44.2. The van der Waals surface area contributed by atoms with E-state index in [-0.39, 0.29) is 42.7 Å². The minimum Gasteiger partial charge on any atom is -0.544 e. The van der Waals surface area contributed by atoms with Gasteiger partial charge in [0, 0.05) is 19.3 Å². The van der Waals surface area contributed by atoms with Gasteiger partial charge in [-0.2, -0.15) is 0 Å². The van der Waals surface area contributed by atoms with Crippen LogP contribution in [0.4, 0.5) is 0 Å². The Bertz CT molecular complexity index is 1080. The summed E-state index contributed by atoms with van der Waals surface area (Å²) in [6, 6.07) is -0.725. The van der Waals surface area contributed by atoms with Crippen molar-refractivity contribution in [3.8, 4) is 0 Å². The topological polar surface area (TPSA) is 102 Å². The van der Waals surface area contributed by atoms with E-state index in [9.17, 15) is 19.5 Å². The van der Waals surface area contributed by atoms with Crippen LogP contribution in [-0.2, 0) is 28.6 Å². The van der Waals surface area contributed by atoms with E-state index in [0.717, 1.165) is 64.2 Å². The van der Waals surface area contributed by atoms with Gasteiger partial charge in [0.2, 0.25) is 0 Å². The van der Waals surface area contributed by atoms with Crippen molar-refractivity contribution >= 4 is 17.9 Å². The fourth-order valence-electron chi connectivity index (χ4n) is 7.44. The van der Waals surface area contributed by atoms with Gasteiger partial charge in [0.15, 0.2) is 6.10 Å². The molecule has 0 aromatic carbocycles. The Morgan fingerprint density at radius 3 is 1.38 bits per heavy atom. The van der Waals surface area contributed by atoms with E-state index in [1.54, 1.807) is 21.1 Å². The van der Waals surface area contributed by atoms with E-state index in [2.05, 4.69) is 50.3 Å². The average molecular weight is 846 g/mol. The molecule has 0 bridgehead atoms. The van der Waals surface area contributed by atoms with Gasteiger partial charge in [-0.3, -0.25) is 9.59 Å². The van der Waals surface area contributed by atoms with Crippen molar-refractivity contribution in [3.63, 3.8) is 0 Å². The second-order valence-corrected chi connectivity index (χ2v) is 18.0. The molecule has 0 amide bonds. The highest BCUT2D eigenvalue weighted by atomic mass is 16.6. The molecule has 350 valence electrons. The first-order chi connectivity index (χ1) is 29.1. The number of carboxylic acid groups (broad SMARTS) is 1. The van der Waals surface area contributed by atoms with Crippen LogP contribution >= 0.6 is 0 Å². The van der Waals surface area contributed by atoms with Crippen molar-refractivity contribution in [1.82, 2.24) is 0 Å². The van der Waals surface area contributed by atoms with Gasteiger partial charge >= 0.3 is 11.9 Å². The molecule has 0 saturated heterocycles. The summed E-state index contributed by atoms with van der Waals surface area (Å²) in [5, 5.41) is 11.7. The third-order valence-electron chi connectivity index (χ3n) is 11.3. The first-order valence-corrected chi connectivity index (χ1v) is 25.0. The van der Waals surface area contributed by atoms with Crippen LogP contribution < -0.4 is 5.11 Å². The number of unbranched alkanes of at least 4 members (excludes halogenated alkanes) is 25. The van der Waals surface area contributed by atoms with Gasteiger partial charge in [-0.1, -0.05) is 198 Å². The van der Waals surface area contributed by atoms with Crippen LogP contribution in [0.3, 0.4) is 0 Å². The number of ether oxygens (including phenoxy) is 3. The first-order valence-electron chi connectivity index (χ1n) is 25.0. The van der Waals surface area contributed by atoms with Gasteiger partial charge in [0.25, 0.3) is 0 Å². The molecular weight excluding hydrogens is 751 g/mol. The summed E-state index contributed by atoms with van der Waals surface area (Å²) >= 11 is 0. The summed E-state index contributed by atoms with van der Waals surface area (Å²) in [7, 11) is 5.42. The lowest BCUT2D eigenvalue weighted by Crippen LogP contribution is -2.55. The molecule has 8 nitrogen and oxygen atoms in total. The van der Waals surface area contributed by atoms with Crippen LogP contribution in [0.2, 0.25) is 0 Å². The lowest BCUT2D eigenvalue weighted by atomic mass is 10.0. The molecule has 0 aliphatic rings. The molecule has 0 spiro atoms. The minimum absolute atomic E-state index is 0.0424. The Kier molecular flexibility index (Phi) is 41.4. The fourth-order valence-corrected chi connectivity index (χ4v) is 7.44. The van der Waals surface area contributed by atoms with E-state index in [4.69, 9.17) is 14.2 Å². The molecule has 60 heavy (non-hydrogen) atoms. The molecule has 0 aromatic heterocycles. The summed E-state index contributed by atoms with van der Waals surface area (Å²) in [5.74, 6) is -1.73. The SMILES string of the molecule is CC/C=C/C/C=C/C/C=C/CCCCCCCCCCCC(=O)OCC(COCCC(C(=O)[O-])[N+](C)(C)C)OC(=O)CCCCCCCCCCCCCCCCCCC. The number of quaternary nitrogens is 1. The van der Waals surface area contributed by atoms with Gasteiger partial charge in [-0.05, 0) is 44.9 Å². The maximum Gasteiger partial charge on any atom is 0.306 e. The molecule has 0 aliphatic carbocycles. The third kappa shape index (κ3) is 40.9. The number of carbonyl (C=O) groups excluding carboxylic acids is 3. The van der Waals surface area contributed by atoms with Crippen molar-refractivity contribution in [2.24, 2.45) is 0 Å². The molecule has 0 N–H and O–H groups in total. The number of carboxylic acids is 1. The van der Waals surface area contributed by atoms with E-state index in [1.807, 2.05) is 0 Å². The maximum atomic E-state index is 12.8. The number of carbonyl (C=O) groups is 3. The smallest absolute Gasteiger partial charge is 0.306 e. The van der Waals surface area contributed by atoms with Crippen LogP contribution in [0.15, 0.2) is 36.5 Å². The Morgan fingerprint density at radius 1 is 0.517 bits per heavy atom. The summed E-state index contributed by atoms with van der Waals surface area (Å²) in [4.78, 5) is 37.0. The third-order valence-corrected chi connectivity index (χ3v) is 11.3. The Hall–Kier alpha value is -2.45. The predicted octanol–water partition coefficient (Wildman–Crippen LogP) is 12.9. The van der Waals surface area contributed by atoms with Crippen LogP contribution in [0.25, 0.3) is 0 Å². The molecule has 0 heterocycles. The molecule has 2 atom stereocenters. The van der Waals surface area contributed by atoms with Gasteiger partial charge in [-0.25, -0.2) is 0 Å². The normalized spacial score (nSPS) is 13.2. The van der Waals surface area contributed by atoms with Crippen molar-refractivity contribution in [3.05, 3.63) is 36.5 Å². The number of likely N-dealkylation sites (N-methyl/N-ethyl adjacent to an activating group) is 1. The van der Waals surface area contributed by atoms with E-state index in [0.29, 0.717) is 12.8 Å². The molecule has 2 unspecified atom stereocenters. The van der Waals surface area contributed by atoms with Gasteiger partial charge in [0.1, 0.15) is 12.6 Å². The summed E-state index contributed by atoms with van der Waals surface area (Å²) in [5.41, 5.74) is 0. The molecule has 0 radical (unpaired) electrons. The second kappa shape index (κ2) is 43.2. The van der Waals surface area contributed by atoms with E-state index in [1.165, 1.54) is 128 Å². The quantitative estimate of drug-likeness (QED) is 0.0260. The highest BCUT2D eigenvalue weighted by Crippen LogP contribution is 2.16. The Labute approximate surface area is 370 Å². The van der Waals surface area contributed by atoms with Crippen LogP contribution in [-0.4, -0.2) is 75.5 Å². The Balaban J connectivity index is 4.24. The highest BCUT2D eigenvalue weighted by Gasteiger charge is 2.25. The lowest BCUT2D eigenvalue weighted by Gasteiger charge is -2.34. The average Bonchev–Trinajstić information content (AvgIpc) is 3.21. The number of rotatable bonds is 45. The van der Waals surface area contributed by atoms with E-state index >= 15 is 0 Å². The van der Waals surface area contributed by atoms with Crippen molar-refractivity contribution in [2.45, 2.75) is 238 Å². The number of hydrogen-bond acceptors (Lipinski definition) is 7. The summed E-state index contributed by atoms with van der Waals surface area (Å²) < 4.78 is 17.2. The van der Waals surface area contributed by atoms with Crippen LogP contribution in [0, 0.1) is 0 Å². The molecule has 0 fully saturated rings. The number of allylic oxidation sites excluding steroid dienone is 6. The standard InChI is InChI=1S/C52H95NO7/c1-6-8-10-12-14-16-18-20-22-24-25-27-28-30-32-34-36-38-40-42-50(54)59-47-48(46-58-45-44-49(52(56)57)53(3,4)5)60-51(55)43-41-39-37-35-33-31-29-26-23-21-19-17-15-13-11-9-7-2/h8,10,14,16,20,22,48-49H,6-7,9,11-13,15,17-19,21,23-47H2,1-5H3/b10-8+,16-14+,22-20+.